The van der Waals surface area contributed by atoms with Crippen molar-refractivity contribution in [2.75, 3.05) is 0 Å². The van der Waals surface area contributed by atoms with E-state index < -0.39 is 34.0 Å². The molecule has 17 heavy (non-hydrogen) atoms. The van der Waals surface area contributed by atoms with E-state index in [-0.39, 0.29) is 12.0 Å². The maximum Gasteiger partial charge on any atom is 0.419 e. The molecule has 0 aliphatic carbocycles. The number of carbonyl (C=O) groups is 2. The van der Waals surface area contributed by atoms with E-state index in [9.17, 15) is 22.8 Å². The van der Waals surface area contributed by atoms with Crippen LogP contribution in [0.5, 0.6) is 0 Å². The number of ketones is 1. The normalized spacial score (nSPS) is 11.4. The molecule has 3 nitrogen and oxygen atoms in total. The smallest absolute Gasteiger partial charge is 0.295 e. The van der Waals surface area contributed by atoms with Crippen molar-refractivity contribution < 1.29 is 22.8 Å². The van der Waals surface area contributed by atoms with Crippen LogP contribution in [0.15, 0.2) is 6.20 Å². The van der Waals surface area contributed by atoms with Gasteiger partial charge in [-0.05, 0) is 0 Å². The molecule has 0 saturated carbocycles. The van der Waals surface area contributed by atoms with Gasteiger partial charge in [0.1, 0.15) is 0 Å². The third kappa shape index (κ3) is 3.17. The standard InChI is InChI=1S/C9H4Cl2F3NO2/c10-7-5(9(12,13)14)2-15-6(8(7)11)1-4(17)3-16/h2-3H,1H2. The van der Waals surface area contributed by atoms with Crippen LogP contribution < -0.4 is 0 Å². The highest BCUT2D eigenvalue weighted by atomic mass is 35.5. The molecule has 0 radical (unpaired) electrons. The van der Waals surface area contributed by atoms with Crippen molar-refractivity contribution in [3.8, 4) is 0 Å². The lowest BCUT2D eigenvalue weighted by Gasteiger charge is -2.11. The molecule has 92 valence electrons. The third-order valence-corrected chi connectivity index (χ3v) is 2.71. The number of carbonyl (C=O) groups excluding carboxylic acids is 2. The Bertz CT molecular complexity index is 474. The van der Waals surface area contributed by atoms with Crippen molar-refractivity contribution >= 4 is 35.3 Å². The van der Waals surface area contributed by atoms with Crippen LogP contribution in [-0.2, 0) is 22.2 Å². The van der Waals surface area contributed by atoms with Gasteiger partial charge in [0, 0.05) is 6.20 Å². The molecule has 0 atom stereocenters. The zero-order chi connectivity index (χ0) is 13.2. The Morgan fingerprint density at radius 3 is 2.41 bits per heavy atom. The Morgan fingerprint density at radius 2 is 1.94 bits per heavy atom. The Balaban J connectivity index is 3.20. The van der Waals surface area contributed by atoms with E-state index in [1.807, 2.05) is 0 Å². The monoisotopic (exact) mass is 285 g/mol. The molecule has 1 aromatic heterocycles. The molecule has 0 unspecified atom stereocenters. The van der Waals surface area contributed by atoms with E-state index >= 15 is 0 Å². The number of nitrogens with zero attached hydrogens (tertiary/aromatic N) is 1. The highest BCUT2D eigenvalue weighted by Gasteiger charge is 2.35. The molecule has 8 heteroatoms. The second kappa shape index (κ2) is 5.01. The van der Waals surface area contributed by atoms with Crippen LogP contribution in [0.2, 0.25) is 10.0 Å². The molecule has 0 N–H and O–H groups in total. The summed E-state index contributed by atoms with van der Waals surface area (Å²) in [5, 5.41) is -1.21. The highest BCUT2D eigenvalue weighted by molar-refractivity contribution is 6.43. The van der Waals surface area contributed by atoms with Crippen molar-refractivity contribution in [1.29, 1.82) is 0 Å². The van der Waals surface area contributed by atoms with Gasteiger partial charge in [-0.25, -0.2) is 0 Å². The Kier molecular flexibility index (Phi) is 4.11. The van der Waals surface area contributed by atoms with Crippen LogP contribution in [0.4, 0.5) is 13.2 Å². The lowest BCUT2D eigenvalue weighted by Crippen LogP contribution is -2.11. The minimum Gasteiger partial charge on any atom is -0.295 e. The first kappa shape index (κ1) is 13.9. The number of alkyl halides is 3. The van der Waals surface area contributed by atoms with Gasteiger partial charge in [-0.1, -0.05) is 23.2 Å². The van der Waals surface area contributed by atoms with Crippen LogP contribution in [0.25, 0.3) is 0 Å². The molecular formula is C9H4Cl2F3NO2. The molecule has 0 saturated heterocycles. The minimum absolute atomic E-state index is 0.0313. The second-order valence-corrected chi connectivity index (χ2v) is 3.76. The van der Waals surface area contributed by atoms with Crippen molar-refractivity contribution in [2.45, 2.75) is 12.6 Å². The van der Waals surface area contributed by atoms with E-state index in [4.69, 9.17) is 23.2 Å². The Hall–Kier alpha value is -1.14. The summed E-state index contributed by atoms with van der Waals surface area (Å²) < 4.78 is 37.1. The summed E-state index contributed by atoms with van der Waals surface area (Å²) in [6.07, 6.45) is -4.66. The van der Waals surface area contributed by atoms with Crippen LogP contribution in [-0.4, -0.2) is 17.1 Å². The van der Waals surface area contributed by atoms with E-state index in [0.717, 1.165) is 0 Å². The SMILES string of the molecule is O=CC(=O)Cc1ncc(C(F)(F)F)c(Cl)c1Cl. The molecule has 0 aliphatic heterocycles. The molecule has 1 rings (SSSR count). The number of pyridine rings is 1. The van der Waals surface area contributed by atoms with Gasteiger partial charge in [0.25, 0.3) is 0 Å². The summed E-state index contributed by atoms with van der Waals surface area (Å²) >= 11 is 11.0. The fourth-order valence-electron chi connectivity index (χ4n) is 1.03. The zero-order valence-corrected chi connectivity index (χ0v) is 9.53. The second-order valence-electron chi connectivity index (χ2n) is 3.01. The first-order valence-corrected chi connectivity index (χ1v) is 4.91. The van der Waals surface area contributed by atoms with Gasteiger partial charge in [-0.3, -0.25) is 14.6 Å². The molecule has 0 spiro atoms. The molecule has 0 fully saturated rings. The van der Waals surface area contributed by atoms with Gasteiger partial charge in [0.15, 0.2) is 6.29 Å². The predicted molar refractivity (Wildman–Crippen MR) is 54.0 cm³/mol. The summed E-state index contributed by atoms with van der Waals surface area (Å²) in [7, 11) is 0. The van der Waals surface area contributed by atoms with Gasteiger partial charge in [-0.15, -0.1) is 0 Å². The van der Waals surface area contributed by atoms with Crippen molar-refractivity contribution in [1.82, 2.24) is 4.98 Å². The number of halogens is 5. The maximum absolute atomic E-state index is 12.4. The van der Waals surface area contributed by atoms with Crippen molar-refractivity contribution in [2.24, 2.45) is 0 Å². The molecule has 0 amide bonds. The summed E-state index contributed by atoms with van der Waals surface area (Å²) in [5.74, 6) is -0.852. The van der Waals surface area contributed by atoms with Crippen LogP contribution in [0.1, 0.15) is 11.3 Å². The number of hydrogen-bond donors (Lipinski definition) is 0. The van der Waals surface area contributed by atoms with Gasteiger partial charge in [0.2, 0.25) is 5.78 Å². The van der Waals surface area contributed by atoms with E-state index in [0.29, 0.717) is 6.20 Å². The largest absolute Gasteiger partial charge is 0.419 e. The lowest BCUT2D eigenvalue weighted by atomic mass is 10.2. The minimum atomic E-state index is -4.68. The number of Topliss-reactive ketones (excluding diaryl/α,β-unsaturated/α-hetero) is 1. The van der Waals surface area contributed by atoms with Gasteiger partial charge in [-0.2, -0.15) is 13.2 Å². The highest BCUT2D eigenvalue weighted by Crippen LogP contribution is 2.38. The Labute approximate surface area is 104 Å². The molecule has 0 aliphatic rings. The number of aromatic nitrogens is 1. The number of aldehydes is 1. The van der Waals surface area contributed by atoms with Crippen LogP contribution >= 0.6 is 23.2 Å². The maximum atomic E-state index is 12.4. The first-order chi connectivity index (χ1) is 7.77. The topological polar surface area (TPSA) is 47.0 Å². The van der Waals surface area contributed by atoms with Gasteiger partial charge in [0.05, 0.1) is 27.7 Å². The van der Waals surface area contributed by atoms with Crippen LogP contribution in [0.3, 0.4) is 0 Å². The summed E-state index contributed by atoms with van der Waals surface area (Å²) in [4.78, 5) is 24.3. The first-order valence-electron chi connectivity index (χ1n) is 4.15. The fourth-order valence-corrected chi connectivity index (χ4v) is 1.51. The molecular weight excluding hydrogens is 282 g/mol. The summed E-state index contributed by atoms with van der Waals surface area (Å²) in [5.41, 5.74) is -1.35. The Morgan fingerprint density at radius 1 is 1.35 bits per heavy atom. The molecule has 1 heterocycles. The third-order valence-electron chi connectivity index (χ3n) is 1.81. The molecule has 0 aromatic carbocycles. The molecule has 1 aromatic rings. The predicted octanol–water partition coefficient (Wildman–Crippen LogP) is 2.72. The van der Waals surface area contributed by atoms with E-state index in [1.165, 1.54) is 0 Å². The zero-order valence-electron chi connectivity index (χ0n) is 8.02. The average molecular weight is 286 g/mol. The van der Waals surface area contributed by atoms with Crippen LogP contribution in [0, 0.1) is 0 Å². The quantitative estimate of drug-likeness (QED) is 0.634. The number of hydrogen-bond acceptors (Lipinski definition) is 3. The lowest BCUT2D eigenvalue weighted by molar-refractivity contribution is -0.137. The molecule has 0 bridgehead atoms. The van der Waals surface area contributed by atoms with E-state index in [1.54, 1.807) is 0 Å². The van der Waals surface area contributed by atoms with Gasteiger partial charge >= 0.3 is 6.18 Å². The fraction of sp³-hybridized carbons (Fsp3) is 0.222. The summed E-state index contributed by atoms with van der Waals surface area (Å²) in [6.45, 7) is 0. The average Bonchev–Trinajstić information content (AvgIpc) is 2.22. The van der Waals surface area contributed by atoms with E-state index in [2.05, 4.69) is 4.98 Å². The van der Waals surface area contributed by atoms with Gasteiger partial charge < -0.3 is 0 Å². The summed E-state index contributed by atoms with van der Waals surface area (Å²) in [6, 6.07) is 0. The van der Waals surface area contributed by atoms with Crippen molar-refractivity contribution in [3.63, 3.8) is 0 Å². The number of rotatable bonds is 3. The van der Waals surface area contributed by atoms with Crippen molar-refractivity contribution in [3.05, 3.63) is 27.5 Å².